The van der Waals surface area contributed by atoms with Gasteiger partial charge in [0.25, 0.3) is 0 Å². The Hall–Kier alpha value is -0.610. The summed E-state index contributed by atoms with van der Waals surface area (Å²) in [4.78, 5) is 11.6. The molecule has 0 aromatic heterocycles. The number of rotatable bonds is 8. The van der Waals surface area contributed by atoms with Crippen LogP contribution in [0.3, 0.4) is 0 Å². The van der Waals surface area contributed by atoms with Gasteiger partial charge in [-0.3, -0.25) is 4.79 Å². The molecule has 2 unspecified atom stereocenters. The molecular weight excluding hydrogens is 218 g/mol. The summed E-state index contributed by atoms with van der Waals surface area (Å²) < 4.78 is 10.5. The van der Waals surface area contributed by atoms with Gasteiger partial charge in [0, 0.05) is 12.8 Å². The molecule has 4 nitrogen and oxygen atoms in total. The topological polar surface area (TPSA) is 61.6 Å². The Morgan fingerprint density at radius 3 is 2.88 bits per heavy atom. The summed E-state index contributed by atoms with van der Waals surface area (Å²) in [5.74, 6) is 0.482. The van der Waals surface area contributed by atoms with Crippen LogP contribution in [0.4, 0.5) is 0 Å². The molecule has 0 bridgehead atoms. The first-order valence-corrected chi connectivity index (χ1v) is 6.73. The van der Waals surface area contributed by atoms with Gasteiger partial charge in [-0.25, -0.2) is 0 Å². The van der Waals surface area contributed by atoms with Crippen molar-refractivity contribution in [2.24, 2.45) is 11.7 Å². The van der Waals surface area contributed by atoms with Crippen molar-refractivity contribution in [3.8, 4) is 0 Å². The van der Waals surface area contributed by atoms with Gasteiger partial charge in [-0.15, -0.1) is 0 Å². The monoisotopic (exact) mass is 243 g/mol. The molecule has 0 spiro atoms. The van der Waals surface area contributed by atoms with Gasteiger partial charge in [-0.1, -0.05) is 19.8 Å². The first-order valence-electron chi connectivity index (χ1n) is 6.73. The van der Waals surface area contributed by atoms with E-state index in [-0.39, 0.29) is 12.1 Å². The van der Waals surface area contributed by atoms with Crippen molar-refractivity contribution in [1.82, 2.24) is 0 Å². The number of hydrogen-bond donors (Lipinski definition) is 1. The number of carbonyl (C=O) groups is 1. The van der Waals surface area contributed by atoms with E-state index < -0.39 is 0 Å². The van der Waals surface area contributed by atoms with Gasteiger partial charge >= 0.3 is 5.97 Å². The van der Waals surface area contributed by atoms with Crippen molar-refractivity contribution in [1.29, 1.82) is 0 Å². The minimum atomic E-state index is -0.0846. The first kappa shape index (κ1) is 14.5. The lowest BCUT2D eigenvalue weighted by Crippen LogP contribution is -2.19. The smallest absolute Gasteiger partial charge is 0.306 e. The summed E-state index contributed by atoms with van der Waals surface area (Å²) in [5.41, 5.74) is 5.57. The molecule has 2 atom stereocenters. The zero-order chi connectivity index (χ0) is 12.5. The summed E-state index contributed by atoms with van der Waals surface area (Å²) in [7, 11) is 0. The van der Waals surface area contributed by atoms with Crippen molar-refractivity contribution in [3.63, 3.8) is 0 Å². The predicted molar refractivity (Wildman–Crippen MR) is 66.6 cm³/mol. The number of carbonyl (C=O) groups excluding carboxylic acids is 1. The van der Waals surface area contributed by atoms with Crippen molar-refractivity contribution in [2.75, 3.05) is 19.8 Å². The molecule has 0 aromatic carbocycles. The highest BCUT2D eigenvalue weighted by molar-refractivity contribution is 5.69. The Balaban J connectivity index is 2.15. The SMILES string of the molecule is CCCC(CCN)CCC(=O)OC1CCOC1. The molecule has 4 heteroatoms. The van der Waals surface area contributed by atoms with Crippen molar-refractivity contribution >= 4 is 5.97 Å². The highest BCUT2D eigenvalue weighted by atomic mass is 16.6. The number of nitrogens with two attached hydrogens (primary N) is 1. The van der Waals surface area contributed by atoms with Crippen LogP contribution >= 0.6 is 0 Å². The zero-order valence-electron chi connectivity index (χ0n) is 10.8. The molecule has 1 heterocycles. The van der Waals surface area contributed by atoms with Gasteiger partial charge in [0.15, 0.2) is 0 Å². The molecule has 2 N–H and O–H groups in total. The van der Waals surface area contributed by atoms with E-state index in [1.165, 1.54) is 0 Å². The lowest BCUT2D eigenvalue weighted by atomic mass is 9.94. The summed E-state index contributed by atoms with van der Waals surface area (Å²) in [6, 6.07) is 0. The van der Waals surface area contributed by atoms with Crippen LogP contribution < -0.4 is 5.73 Å². The van der Waals surface area contributed by atoms with Gasteiger partial charge in [0.1, 0.15) is 6.10 Å². The van der Waals surface area contributed by atoms with E-state index in [4.69, 9.17) is 15.2 Å². The zero-order valence-corrected chi connectivity index (χ0v) is 10.8. The number of ether oxygens (including phenoxy) is 2. The lowest BCUT2D eigenvalue weighted by Gasteiger charge is -2.15. The molecule has 0 aromatic rings. The molecule has 1 saturated heterocycles. The van der Waals surface area contributed by atoms with Crippen molar-refractivity contribution < 1.29 is 14.3 Å². The standard InChI is InChI=1S/C13H25NO3/c1-2-3-11(6-8-14)4-5-13(15)17-12-7-9-16-10-12/h11-12H,2-10,14H2,1H3. The predicted octanol–water partition coefficient (Wildman–Crippen LogP) is 1.86. The van der Waals surface area contributed by atoms with E-state index in [1.54, 1.807) is 0 Å². The Morgan fingerprint density at radius 2 is 2.29 bits per heavy atom. The summed E-state index contributed by atoms with van der Waals surface area (Å²) >= 11 is 0. The summed E-state index contributed by atoms with van der Waals surface area (Å²) in [6.45, 7) is 4.14. The number of esters is 1. The van der Waals surface area contributed by atoms with Crippen molar-refractivity contribution in [3.05, 3.63) is 0 Å². The number of hydrogen-bond acceptors (Lipinski definition) is 4. The van der Waals surface area contributed by atoms with Crippen molar-refractivity contribution in [2.45, 2.75) is 51.6 Å². The van der Waals surface area contributed by atoms with Crippen LogP contribution in [0.5, 0.6) is 0 Å². The van der Waals surface area contributed by atoms with Crippen LogP contribution in [-0.2, 0) is 14.3 Å². The van der Waals surface area contributed by atoms with E-state index in [1.807, 2.05) is 0 Å². The van der Waals surface area contributed by atoms with Gasteiger partial charge in [0.2, 0.25) is 0 Å². The van der Waals surface area contributed by atoms with Crippen LogP contribution in [0, 0.1) is 5.92 Å². The van der Waals surface area contributed by atoms with E-state index in [2.05, 4.69) is 6.92 Å². The second-order valence-electron chi connectivity index (χ2n) is 4.75. The van der Waals surface area contributed by atoms with Crippen LogP contribution in [0.1, 0.15) is 45.4 Å². The van der Waals surface area contributed by atoms with Crippen LogP contribution in [0.15, 0.2) is 0 Å². The molecule has 17 heavy (non-hydrogen) atoms. The molecule has 0 radical (unpaired) electrons. The Bertz CT molecular complexity index is 209. The van der Waals surface area contributed by atoms with E-state index >= 15 is 0 Å². The molecule has 100 valence electrons. The van der Waals surface area contributed by atoms with E-state index in [0.717, 1.165) is 32.1 Å². The molecule has 1 rings (SSSR count). The average Bonchev–Trinajstić information content (AvgIpc) is 2.79. The maximum atomic E-state index is 11.6. The highest BCUT2D eigenvalue weighted by Gasteiger charge is 2.20. The highest BCUT2D eigenvalue weighted by Crippen LogP contribution is 2.18. The first-order chi connectivity index (χ1) is 8.26. The molecule has 0 aliphatic carbocycles. The largest absolute Gasteiger partial charge is 0.460 e. The van der Waals surface area contributed by atoms with Crippen LogP contribution in [0.25, 0.3) is 0 Å². The third-order valence-corrected chi connectivity index (χ3v) is 3.21. The fourth-order valence-corrected chi connectivity index (χ4v) is 2.25. The maximum absolute atomic E-state index is 11.6. The Morgan fingerprint density at radius 1 is 1.47 bits per heavy atom. The molecular formula is C13H25NO3. The third-order valence-electron chi connectivity index (χ3n) is 3.21. The molecule has 1 fully saturated rings. The van der Waals surface area contributed by atoms with Gasteiger partial charge in [-0.05, 0) is 25.3 Å². The molecule has 0 saturated carbocycles. The Labute approximate surface area is 104 Å². The second kappa shape index (κ2) is 8.48. The van der Waals surface area contributed by atoms with E-state index in [9.17, 15) is 4.79 Å². The fourth-order valence-electron chi connectivity index (χ4n) is 2.25. The minimum Gasteiger partial charge on any atom is -0.460 e. The van der Waals surface area contributed by atoms with Crippen LogP contribution in [-0.4, -0.2) is 31.8 Å². The fraction of sp³-hybridized carbons (Fsp3) is 0.923. The quantitative estimate of drug-likeness (QED) is 0.661. The minimum absolute atomic E-state index is 0.0124. The van der Waals surface area contributed by atoms with Gasteiger partial charge in [0.05, 0.1) is 13.2 Å². The normalized spacial score (nSPS) is 21.4. The summed E-state index contributed by atoms with van der Waals surface area (Å²) in [6.07, 6.45) is 5.55. The molecule has 0 amide bonds. The third kappa shape index (κ3) is 6.03. The van der Waals surface area contributed by atoms with Gasteiger partial charge in [-0.2, -0.15) is 0 Å². The average molecular weight is 243 g/mol. The molecule has 1 aliphatic rings. The van der Waals surface area contributed by atoms with Crippen LogP contribution in [0.2, 0.25) is 0 Å². The summed E-state index contributed by atoms with van der Waals surface area (Å²) in [5, 5.41) is 0. The van der Waals surface area contributed by atoms with E-state index in [0.29, 0.717) is 32.1 Å². The van der Waals surface area contributed by atoms with Gasteiger partial charge < -0.3 is 15.2 Å². The molecule has 1 aliphatic heterocycles. The maximum Gasteiger partial charge on any atom is 0.306 e. The second-order valence-corrected chi connectivity index (χ2v) is 4.75. The lowest BCUT2D eigenvalue weighted by molar-refractivity contribution is -0.149. The Kier molecular flexibility index (Phi) is 7.21.